The Morgan fingerprint density at radius 2 is 1.89 bits per heavy atom. The highest BCUT2D eigenvalue weighted by Crippen LogP contribution is 2.38. The van der Waals surface area contributed by atoms with Gasteiger partial charge in [-0.3, -0.25) is 5.10 Å². The SMILES string of the molecule is Cc1occc1-c1nc(N)c(OC[C@@H](N)Cc2ccc(F)c(F)c2F)cc1-c1cnc2[nH]nc(C)c2c1. The molecule has 0 fully saturated rings. The highest BCUT2D eigenvalue weighted by atomic mass is 19.2. The number of aromatic nitrogens is 4. The molecule has 1 aromatic carbocycles. The van der Waals surface area contributed by atoms with Crippen LogP contribution in [0.1, 0.15) is 17.0 Å². The van der Waals surface area contributed by atoms with Crippen LogP contribution < -0.4 is 16.2 Å². The number of hydrogen-bond acceptors (Lipinski definition) is 7. The fourth-order valence-electron chi connectivity index (χ4n) is 4.12. The van der Waals surface area contributed by atoms with Crippen molar-refractivity contribution in [3.05, 3.63) is 77.3 Å². The molecule has 0 aliphatic carbocycles. The van der Waals surface area contributed by atoms with Crippen LogP contribution in [0.15, 0.2) is 47.2 Å². The van der Waals surface area contributed by atoms with Gasteiger partial charge in [-0.25, -0.2) is 23.1 Å². The largest absolute Gasteiger partial charge is 0.488 e. The van der Waals surface area contributed by atoms with Gasteiger partial charge >= 0.3 is 0 Å². The first kappa shape index (κ1) is 24.3. The molecule has 4 aromatic heterocycles. The lowest BCUT2D eigenvalue weighted by Gasteiger charge is -2.17. The number of benzene rings is 1. The molecule has 5 N–H and O–H groups in total. The summed E-state index contributed by atoms with van der Waals surface area (Å²) >= 11 is 0. The van der Waals surface area contributed by atoms with Gasteiger partial charge in [0.1, 0.15) is 12.4 Å². The highest BCUT2D eigenvalue weighted by molar-refractivity contribution is 5.89. The van der Waals surface area contributed by atoms with E-state index in [1.54, 1.807) is 24.6 Å². The van der Waals surface area contributed by atoms with Crippen LogP contribution in [0, 0.1) is 31.3 Å². The summed E-state index contributed by atoms with van der Waals surface area (Å²) in [6.07, 6.45) is 3.18. The number of ether oxygens (including phenoxy) is 1. The maximum Gasteiger partial charge on any atom is 0.194 e. The third-order valence-electron chi connectivity index (χ3n) is 6.10. The Bertz CT molecular complexity index is 1610. The quantitative estimate of drug-likeness (QED) is 0.268. The van der Waals surface area contributed by atoms with Crippen LogP contribution in [0.4, 0.5) is 19.0 Å². The number of rotatable bonds is 7. The Labute approximate surface area is 209 Å². The summed E-state index contributed by atoms with van der Waals surface area (Å²) in [6, 6.07) is 6.75. The number of aromatic amines is 1. The molecule has 0 radical (unpaired) electrons. The van der Waals surface area contributed by atoms with Gasteiger partial charge in [0.2, 0.25) is 0 Å². The van der Waals surface area contributed by atoms with E-state index in [1.165, 1.54) is 0 Å². The van der Waals surface area contributed by atoms with Gasteiger partial charge in [-0.15, -0.1) is 0 Å². The van der Waals surface area contributed by atoms with Crippen molar-refractivity contribution in [2.75, 3.05) is 12.3 Å². The van der Waals surface area contributed by atoms with Gasteiger partial charge in [-0.1, -0.05) is 6.07 Å². The lowest BCUT2D eigenvalue weighted by molar-refractivity contribution is 0.287. The summed E-state index contributed by atoms with van der Waals surface area (Å²) in [5, 5.41) is 7.93. The molecule has 0 unspecified atom stereocenters. The number of aryl methyl sites for hydroxylation is 2. The molecule has 11 heteroatoms. The number of hydrogen-bond donors (Lipinski definition) is 3. The third-order valence-corrected chi connectivity index (χ3v) is 6.10. The minimum atomic E-state index is -1.53. The zero-order valence-electron chi connectivity index (χ0n) is 20.0. The number of nitrogens with zero attached hydrogens (tertiary/aromatic N) is 3. The Hall–Kier alpha value is -4.38. The lowest BCUT2D eigenvalue weighted by atomic mass is 9.99. The molecule has 37 heavy (non-hydrogen) atoms. The number of furan rings is 1. The molecule has 0 saturated carbocycles. The van der Waals surface area contributed by atoms with Crippen LogP contribution in [0.25, 0.3) is 33.4 Å². The first-order valence-corrected chi connectivity index (χ1v) is 11.4. The molecule has 4 heterocycles. The second kappa shape index (κ2) is 9.58. The van der Waals surface area contributed by atoms with Crippen molar-refractivity contribution in [3.8, 4) is 28.1 Å². The van der Waals surface area contributed by atoms with Gasteiger partial charge in [-0.2, -0.15) is 5.10 Å². The number of anilines is 1. The van der Waals surface area contributed by atoms with E-state index >= 15 is 0 Å². The molecule has 8 nitrogen and oxygen atoms in total. The number of H-pyrrole nitrogens is 1. The molecule has 190 valence electrons. The number of fused-ring (bicyclic) bond motifs is 1. The third kappa shape index (κ3) is 4.60. The van der Waals surface area contributed by atoms with Crippen molar-refractivity contribution in [1.29, 1.82) is 0 Å². The monoisotopic (exact) mass is 508 g/mol. The van der Waals surface area contributed by atoms with Crippen molar-refractivity contribution in [1.82, 2.24) is 20.2 Å². The van der Waals surface area contributed by atoms with Crippen molar-refractivity contribution in [2.45, 2.75) is 26.3 Å². The van der Waals surface area contributed by atoms with Crippen LogP contribution in [0.2, 0.25) is 0 Å². The molecule has 0 saturated heterocycles. The van der Waals surface area contributed by atoms with Gasteiger partial charge in [0.05, 0.1) is 17.7 Å². The molecule has 0 aliphatic rings. The molecule has 5 rings (SSSR count). The van der Waals surface area contributed by atoms with E-state index in [0.29, 0.717) is 22.7 Å². The summed E-state index contributed by atoms with van der Waals surface area (Å²) in [4.78, 5) is 9.05. The van der Waals surface area contributed by atoms with Crippen molar-refractivity contribution in [2.24, 2.45) is 5.73 Å². The molecule has 0 aliphatic heterocycles. The molecule has 1 atom stereocenters. The van der Waals surface area contributed by atoms with E-state index in [-0.39, 0.29) is 30.2 Å². The van der Waals surface area contributed by atoms with Crippen LogP contribution in [0.3, 0.4) is 0 Å². The normalized spacial score (nSPS) is 12.3. The number of halogens is 3. The Morgan fingerprint density at radius 1 is 1.08 bits per heavy atom. The van der Waals surface area contributed by atoms with Crippen molar-refractivity contribution >= 4 is 16.9 Å². The zero-order chi connectivity index (χ0) is 26.3. The molecular weight excluding hydrogens is 485 g/mol. The van der Waals surface area contributed by atoms with E-state index in [9.17, 15) is 13.2 Å². The van der Waals surface area contributed by atoms with Crippen LogP contribution in [0.5, 0.6) is 5.75 Å². The van der Waals surface area contributed by atoms with E-state index < -0.39 is 23.5 Å². The summed E-state index contributed by atoms with van der Waals surface area (Å²) in [7, 11) is 0. The average molecular weight is 509 g/mol. The Morgan fingerprint density at radius 3 is 2.65 bits per heavy atom. The Kier molecular flexibility index (Phi) is 6.30. The van der Waals surface area contributed by atoms with Gasteiger partial charge < -0.3 is 20.6 Å². The molecule has 5 aromatic rings. The standard InChI is InChI=1S/C26H23F3N6O2/c1-12-18-8-15(10-32-26(18)35-34-12)19-9-21(25(31)33-24(19)17-5-6-36-13(17)2)37-11-16(30)7-14-3-4-20(27)23(29)22(14)28/h3-6,8-10,16H,7,11,30H2,1-2H3,(H2,31,33)(H,32,34,35)/t16-/m0/s1. The first-order chi connectivity index (χ1) is 17.7. The van der Waals surface area contributed by atoms with Crippen LogP contribution >= 0.6 is 0 Å². The fraction of sp³-hybridized carbons (Fsp3) is 0.192. The summed E-state index contributed by atoms with van der Waals surface area (Å²) in [6.45, 7) is 3.61. The second-order valence-electron chi connectivity index (χ2n) is 8.70. The first-order valence-electron chi connectivity index (χ1n) is 11.4. The second-order valence-corrected chi connectivity index (χ2v) is 8.70. The topological polar surface area (TPSA) is 129 Å². The van der Waals surface area contributed by atoms with Crippen molar-refractivity contribution in [3.63, 3.8) is 0 Å². The molecular formula is C26H23F3N6O2. The van der Waals surface area contributed by atoms with E-state index in [4.69, 9.17) is 20.6 Å². The summed E-state index contributed by atoms with van der Waals surface area (Å²) in [5.74, 6) is -3.04. The minimum absolute atomic E-state index is 0.0533. The molecule has 0 spiro atoms. The van der Waals surface area contributed by atoms with E-state index in [2.05, 4.69) is 20.2 Å². The maximum absolute atomic E-state index is 14.1. The molecule has 0 bridgehead atoms. The van der Waals surface area contributed by atoms with Gasteiger partial charge in [0.15, 0.2) is 34.7 Å². The van der Waals surface area contributed by atoms with Gasteiger partial charge in [-0.05, 0) is 50.1 Å². The van der Waals surface area contributed by atoms with E-state index in [0.717, 1.165) is 34.3 Å². The Balaban J connectivity index is 1.47. The number of pyridine rings is 2. The number of nitrogen functional groups attached to an aromatic ring is 1. The van der Waals surface area contributed by atoms with Crippen LogP contribution in [-0.2, 0) is 6.42 Å². The maximum atomic E-state index is 14.1. The average Bonchev–Trinajstić information content (AvgIpc) is 3.48. The van der Waals surface area contributed by atoms with Crippen molar-refractivity contribution < 1.29 is 22.3 Å². The molecule has 0 amide bonds. The minimum Gasteiger partial charge on any atom is -0.488 e. The predicted octanol–water partition coefficient (Wildman–Crippen LogP) is 4.85. The van der Waals surface area contributed by atoms with E-state index in [1.807, 2.05) is 19.9 Å². The summed E-state index contributed by atoms with van der Waals surface area (Å²) < 4.78 is 52.2. The number of nitrogens with two attached hydrogens (primary N) is 2. The number of nitrogens with one attached hydrogen (secondary N) is 1. The zero-order valence-corrected chi connectivity index (χ0v) is 20.0. The van der Waals surface area contributed by atoms with Gasteiger partial charge in [0, 0.05) is 34.3 Å². The lowest BCUT2D eigenvalue weighted by Crippen LogP contribution is -2.31. The van der Waals surface area contributed by atoms with Crippen LogP contribution in [-0.4, -0.2) is 32.8 Å². The predicted molar refractivity (Wildman–Crippen MR) is 132 cm³/mol. The smallest absolute Gasteiger partial charge is 0.194 e. The highest BCUT2D eigenvalue weighted by Gasteiger charge is 2.20. The summed E-state index contributed by atoms with van der Waals surface area (Å²) in [5.41, 5.74) is 16.5. The van der Waals surface area contributed by atoms with Gasteiger partial charge in [0.25, 0.3) is 0 Å². The fourth-order valence-corrected chi connectivity index (χ4v) is 4.12.